The Bertz CT molecular complexity index is 880. The van der Waals surface area contributed by atoms with Crippen molar-refractivity contribution in [3.05, 3.63) is 59.2 Å². The van der Waals surface area contributed by atoms with Crippen LogP contribution < -0.4 is 9.47 Å². The maximum Gasteiger partial charge on any atom is 0.227 e. The predicted molar refractivity (Wildman–Crippen MR) is 97.0 cm³/mol. The normalized spacial score (nSPS) is 17.8. The Morgan fingerprint density at radius 2 is 2.00 bits per heavy atom. The highest BCUT2D eigenvalue weighted by molar-refractivity contribution is 5.79. The van der Waals surface area contributed by atoms with Gasteiger partial charge in [0, 0.05) is 37.6 Å². The fourth-order valence-electron chi connectivity index (χ4n) is 3.66. The first-order valence-electron chi connectivity index (χ1n) is 9.20. The zero-order chi connectivity index (χ0) is 19.7. The van der Waals surface area contributed by atoms with E-state index in [0.717, 1.165) is 17.7 Å². The van der Waals surface area contributed by atoms with Crippen LogP contribution in [0.5, 0.6) is 11.5 Å². The number of benzene rings is 2. The predicted octanol–water partition coefficient (Wildman–Crippen LogP) is 3.44. The third-order valence-electron chi connectivity index (χ3n) is 5.29. The molecule has 148 valence electrons. The second kappa shape index (κ2) is 7.39. The van der Waals surface area contributed by atoms with Crippen LogP contribution in [0.4, 0.5) is 8.78 Å². The minimum atomic E-state index is -0.792. The number of fused-ring (bicyclic) bond motifs is 1. The van der Waals surface area contributed by atoms with Crippen molar-refractivity contribution in [2.45, 2.75) is 31.7 Å². The van der Waals surface area contributed by atoms with E-state index in [1.165, 1.54) is 6.07 Å². The number of para-hydroxylation sites is 1. The van der Waals surface area contributed by atoms with Crippen LogP contribution in [0.2, 0.25) is 0 Å². The lowest BCUT2D eigenvalue weighted by atomic mass is 10.00. The van der Waals surface area contributed by atoms with Crippen LogP contribution in [0.3, 0.4) is 0 Å². The zero-order valence-corrected chi connectivity index (χ0v) is 15.5. The highest BCUT2D eigenvalue weighted by atomic mass is 19.1. The number of hydrogen-bond acceptors (Lipinski definition) is 4. The second-order valence-corrected chi connectivity index (χ2v) is 7.04. The maximum atomic E-state index is 13.8. The number of carbonyl (C=O) groups excluding carboxylic acids is 1. The lowest BCUT2D eigenvalue weighted by molar-refractivity contribution is -0.228. The van der Waals surface area contributed by atoms with Gasteiger partial charge in [0.25, 0.3) is 0 Å². The molecule has 7 heteroatoms. The van der Waals surface area contributed by atoms with E-state index >= 15 is 0 Å². The Labute approximate surface area is 161 Å². The molecule has 0 N–H and O–H groups in total. The minimum Gasteiger partial charge on any atom is -0.493 e. The van der Waals surface area contributed by atoms with Crippen molar-refractivity contribution in [2.75, 3.05) is 20.2 Å². The van der Waals surface area contributed by atoms with Crippen LogP contribution in [0, 0.1) is 11.6 Å². The third-order valence-corrected chi connectivity index (χ3v) is 5.29. The lowest BCUT2D eigenvalue weighted by Gasteiger charge is -2.44. The van der Waals surface area contributed by atoms with Crippen molar-refractivity contribution in [3.63, 3.8) is 0 Å². The van der Waals surface area contributed by atoms with Crippen LogP contribution in [0.25, 0.3) is 0 Å². The number of nitrogens with zero attached hydrogens (tertiary/aromatic N) is 1. The standard InChI is InChI=1S/C21H21F2NO4/c1-26-18-4-2-3-15-13-27-21(28-20(15)18)7-9-24(10-8-21)19(25)11-14-5-6-16(22)12-17(14)23/h2-6,12H,7-11,13H2,1H3. The fourth-order valence-corrected chi connectivity index (χ4v) is 3.66. The van der Waals surface area contributed by atoms with E-state index in [1.807, 2.05) is 18.2 Å². The molecule has 2 aliphatic rings. The summed E-state index contributed by atoms with van der Waals surface area (Å²) in [5, 5.41) is 0. The van der Waals surface area contributed by atoms with Crippen molar-refractivity contribution in [3.8, 4) is 11.5 Å². The Morgan fingerprint density at radius 1 is 1.21 bits per heavy atom. The highest BCUT2D eigenvalue weighted by Gasteiger charge is 2.42. The van der Waals surface area contributed by atoms with E-state index in [4.69, 9.17) is 14.2 Å². The van der Waals surface area contributed by atoms with Crippen molar-refractivity contribution in [2.24, 2.45) is 0 Å². The largest absolute Gasteiger partial charge is 0.493 e. The van der Waals surface area contributed by atoms with E-state index < -0.39 is 17.4 Å². The second-order valence-electron chi connectivity index (χ2n) is 7.04. The van der Waals surface area contributed by atoms with Crippen LogP contribution in [-0.4, -0.2) is 36.8 Å². The minimum absolute atomic E-state index is 0.0997. The van der Waals surface area contributed by atoms with Gasteiger partial charge in [-0.05, 0) is 17.7 Å². The zero-order valence-electron chi connectivity index (χ0n) is 15.5. The van der Waals surface area contributed by atoms with Gasteiger partial charge in [0.15, 0.2) is 11.5 Å². The van der Waals surface area contributed by atoms with Crippen LogP contribution in [0.1, 0.15) is 24.0 Å². The molecule has 0 aliphatic carbocycles. The molecule has 2 aromatic rings. The molecule has 0 bridgehead atoms. The van der Waals surface area contributed by atoms with Crippen molar-refractivity contribution >= 4 is 5.91 Å². The van der Waals surface area contributed by atoms with Crippen molar-refractivity contribution in [1.82, 2.24) is 4.90 Å². The van der Waals surface area contributed by atoms with Crippen molar-refractivity contribution < 1.29 is 27.8 Å². The molecule has 2 aliphatic heterocycles. The van der Waals surface area contributed by atoms with Gasteiger partial charge in [-0.25, -0.2) is 8.78 Å². The summed E-state index contributed by atoms with van der Waals surface area (Å²) in [5.41, 5.74) is 1.12. The molecule has 4 rings (SSSR count). The number of halogens is 2. The molecule has 1 spiro atoms. The Hall–Kier alpha value is -2.67. The van der Waals surface area contributed by atoms with E-state index in [1.54, 1.807) is 12.0 Å². The van der Waals surface area contributed by atoms with E-state index in [0.29, 0.717) is 44.0 Å². The SMILES string of the molecule is COc1cccc2c1OC1(CCN(C(=O)Cc3ccc(F)cc3F)CC1)OC2. The Morgan fingerprint density at radius 3 is 2.71 bits per heavy atom. The molecule has 1 fully saturated rings. The van der Waals surface area contributed by atoms with Crippen LogP contribution >= 0.6 is 0 Å². The summed E-state index contributed by atoms with van der Waals surface area (Å²) < 4.78 is 44.4. The molecule has 0 unspecified atom stereocenters. The number of carbonyl (C=O) groups is 1. The van der Waals surface area contributed by atoms with Gasteiger partial charge in [-0.1, -0.05) is 18.2 Å². The molecular weight excluding hydrogens is 368 g/mol. The molecule has 5 nitrogen and oxygen atoms in total. The van der Waals surface area contributed by atoms with Gasteiger partial charge < -0.3 is 19.1 Å². The molecular formula is C21H21F2NO4. The quantitative estimate of drug-likeness (QED) is 0.807. The fraction of sp³-hybridized carbons (Fsp3) is 0.381. The Kier molecular flexibility index (Phi) is 4.93. The van der Waals surface area contributed by atoms with Gasteiger partial charge in [-0.2, -0.15) is 0 Å². The Balaban J connectivity index is 1.41. The molecule has 0 aromatic heterocycles. The number of piperidine rings is 1. The van der Waals surface area contributed by atoms with Gasteiger partial charge in [0.2, 0.25) is 11.7 Å². The monoisotopic (exact) mass is 389 g/mol. The smallest absolute Gasteiger partial charge is 0.227 e. The molecule has 0 saturated carbocycles. The van der Waals surface area contributed by atoms with Gasteiger partial charge >= 0.3 is 0 Å². The summed E-state index contributed by atoms with van der Waals surface area (Å²) in [6, 6.07) is 8.92. The molecule has 0 atom stereocenters. The maximum absolute atomic E-state index is 13.8. The van der Waals surface area contributed by atoms with Gasteiger partial charge in [-0.15, -0.1) is 0 Å². The third kappa shape index (κ3) is 3.54. The van der Waals surface area contributed by atoms with Gasteiger partial charge in [-0.3, -0.25) is 4.79 Å². The number of ether oxygens (including phenoxy) is 3. The summed E-state index contributed by atoms with van der Waals surface area (Å²) in [5.74, 6) is -1.01. The molecule has 1 saturated heterocycles. The molecule has 0 radical (unpaired) electrons. The summed E-state index contributed by atoms with van der Waals surface area (Å²) in [6.45, 7) is 1.29. The first-order chi connectivity index (χ1) is 13.5. The van der Waals surface area contributed by atoms with Gasteiger partial charge in [0.1, 0.15) is 11.6 Å². The molecule has 28 heavy (non-hydrogen) atoms. The number of rotatable bonds is 3. The molecule has 2 heterocycles. The number of hydrogen-bond donors (Lipinski definition) is 0. The van der Waals surface area contributed by atoms with Crippen molar-refractivity contribution in [1.29, 1.82) is 0 Å². The number of likely N-dealkylation sites (tertiary alicyclic amines) is 1. The summed E-state index contributed by atoms with van der Waals surface area (Å²) >= 11 is 0. The number of methoxy groups -OCH3 is 1. The van der Waals surface area contributed by atoms with E-state index in [9.17, 15) is 13.6 Å². The average Bonchev–Trinajstić information content (AvgIpc) is 2.70. The highest BCUT2D eigenvalue weighted by Crippen LogP contribution is 2.42. The topological polar surface area (TPSA) is 48.0 Å². The lowest BCUT2D eigenvalue weighted by Crippen LogP contribution is -2.52. The van der Waals surface area contributed by atoms with Gasteiger partial charge in [0.05, 0.1) is 20.1 Å². The molecule has 2 aromatic carbocycles. The summed E-state index contributed by atoms with van der Waals surface area (Å²) in [7, 11) is 1.59. The number of amides is 1. The first kappa shape index (κ1) is 18.7. The van der Waals surface area contributed by atoms with Crippen LogP contribution in [0.15, 0.2) is 36.4 Å². The van der Waals surface area contributed by atoms with Crippen LogP contribution in [-0.2, 0) is 22.6 Å². The average molecular weight is 389 g/mol. The molecule has 1 amide bonds. The summed E-state index contributed by atoms with van der Waals surface area (Å²) in [6.07, 6.45) is 0.905. The van der Waals surface area contributed by atoms with E-state index in [-0.39, 0.29) is 17.9 Å². The summed E-state index contributed by atoms with van der Waals surface area (Å²) in [4.78, 5) is 14.2. The first-order valence-corrected chi connectivity index (χ1v) is 9.20. The van der Waals surface area contributed by atoms with E-state index in [2.05, 4.69) is 0 Å².